The van der Waals surface area contributed by atoms with Gasteiger partial charge in [0, 0.05) is 72.0 Å². The highest BCUT2D eigenvalue weighted by molar-refractivity contribution is 5.89. The second-order valence-corrected chi connectivity index (χ2v) is 11.6. The van der Waals surface area contributed by atoms with Gasteiger partial charge in [-0.2, -0.15) is 0 Å². The third kappa shape index (κ3) is 8.95. The Balaban J connectivity index is 1.06. The predicted octanol–water partition coefficient (Wildman–Crippen LogP) is 2.64. The molecule has 0 N–H and O–H groups in total. The summed E-state index contributed by atoms with van der Waals surface area (Å²) < 4.78 is 5.52. The molecule has 3 heterocycles. The van der Waals surface area contributed by atoms with Crippen molar-refractivity contribution in [3.63, 3.8) is 0 Å². The monoisotopic (exact) mass is 515 g/mol. The summed E-state index contributed by atoms with van der Waals surface area (Å²) >= 11 is 0. The average Bonchev–Trinajstić information content (AvgIpc) is 2.89. The summed E-state index contributed by atoms with van der Waals surface area (Å²) in [5, 5.41) is 1.80. The van der Waals surface area contributed by atoms with Crippen molar-refractivity contribution < 1.29 is 19.2 Å². The molecule has 0 aromatic heterocycles. The SMILES string of the molecule is CC(C)(C)OC(=O)N1CCN(CC2CCN(CCN3CCN(OC(=O)c4ccccc4)CC3)CC2)CC1. The maximum absolute atomic E-state index is 12.3. The molecule has 0 atom stereocenters. The van der Waals surface area contributed by atoms with Crippen molar-refractivity contribution in [2.45, 2.75) is 39.2 Å². The number of hydrogen-bond donors (Lipinski definition) is 0. The first kappa shape index (κ1) is 27.8. The number of piperazine rings is 2. The van der Waals surface area contributed by atoms with Gasteiger partial charge in [-0.25, -0.2) is 9.59 Å². The Kier molecular flexibility index (Phi) is 9.81. The Labute approximate surface area is 222 Å². The number of amides is 1. The molecule has 1 aromatic rings. The number of carbonyl (C=O) groups is 2. The van der Waals surface area contributed by atoms with Crippen molar-refractivity contribution in [1.29, 1.82) is 0 Å². The lowest BCUT2D eigenvalue weighted by molar-refractivity contribution is -0.130. The molecule has 3 saturated heterocycles. The highest BCUT2D eigenvalue weighted by Crippen LogP contribution is 2.20. The third-order valence-corrected chi connectivity index (χ3v) is 7.53. The van der Waals surface area contributed by atoms with E-state index in [2.05, 4.69) is 14.7 Å². The normalized spacial score (nSPS) is 21.6. The minimum absolute atomic E-state index is 0.185. The van der Waals surface area contributed by atoms with Gasteiger partial charge in [0.1, 0.15) is 5.60 Å². The summed E-state index contributed by atoms with van der Waals surface area (Å²) in [5.74, 6) is 0.467. The van der Waals surface area contributed by atoms with E-state index in [1.807, 2.05) is 43.9 Å². The third-order valence-electron chi connectivity index (χ3n) is 7.53. The fourth-order valence-electron chi connectivity index (χ4n) is 5.27. The Hall–Kier alpha value is -2.20. The molecule has 0 aliphatic carbocycles. The van der Waals surface area contributed by atoms with Gasteiger partial charge in [0.25, 0.3) is 0 Å². The minimum Gasteiger partial charge on any atom is -0.444 e. The molecular formula is C28H45N5O4. The van der Waals surface area contributed by atoms with E-state index >= 15 is 0 Å². The van der Waals surface area contributed by atoms with Gasteiger partial charge in [-0.15, -0.1) is 5.06 Å². The number of hydrogen-bond acceptors (Lipinski definition) is 8. The first-order valence-corrected chi connectivity index (χ1v) is 13.9. The van der Waals surface area contributed by atoms with Gasteiger partial charge in [-0.3, -0.25) is 9.80 Å². The largest absolute Gasteiger partial charge is 0.444 e. The molecule has 3 aliphatic rings. The van der Waals surface area contributed by atoms with Crippen LogP contribution in [-0.2, 0) is 9.57 Å². The summed E-state index contributed by atoms with van der Waals surface area (Å²) in [7, 11) is 0. The lowest BCUT2D eigenvalue weighted by Gasteiger charge is -2.39. The van der Waals surface area contributed by atoms with Crippen molar-refractivity contribution in [2.24, 2.45) is 5.92 Å². The number of carbonyl (C=O) groups excluding carboxylic acids is 2. The summed E-state index contributed by atoms with van der Waals surface area (Å²) in [6.45, 7) is 18.1. The van der Waals surface area contributed by atoms with Crippen LogP contribution >= 0.6 is 0 Å². The number of ether oxygens (including phenoxy) is 1. The fourth-order valence-corrected chi connectivity index (χ4v) is 5.27. The average molecular weight is 516 g/mol. The highest BCUT2D eigenvalue weighted by atomic mass is 16.7. The van der Waals surface area contributed by atoms with Crippen LogP contribution in [0.15, 0.2) is 30.3 Å². The van der Waals surface area contributed by atoms with Crippen molar-refractivity contribution in [1.82, 2.24) is 24.7 Å². The van der Waals surface area contributed by atoms with Crippen LogP contribution in [0.5, 0.6) is 0 Å². The van der Waals surface area contributed by atoms with E-state index in [9.17, 15) is 9.59 Å². The number of rotatable bonds is 7. The molecule has 9 nitrogen and oxygen atoms in total. The van der Waals surface area contributed by atoms with E-state index in [-0.39, 0.29) is 12.1 Å². The molecule has 0 radical (unpaired) electrons. The zero-order valence-corrected chi connectivity index (χ0v) is 22.9. The van der Waals surface area contributed by atoms with Gasteiger partial charge >= 0.3 is 12.1 Å². The van der Waals surface area contributed by atoms with E-state index in [0.29, 0.717) is 5.56 Å². The van der Waals surface area contributed by atoms with Crippen LogP contribution < -0.4 is 0 Å². The van der Waals surface area contributed by atoms with Crippen LogP contribution in [-0.4, -0.2) is 127 Å². The van der Waals surface area contributed by atoms with Gasteiger partial charge < -0.3 is 19.4 Å². The minimum atomic E-state index is -0.437. The second-order valence-electron chi connectivity index (χ2n) is 11.6. The maximum atomic E-state index is 12.3. The molecule has 4 rings (SSSR count). The highest BCUT2D eigenvalue weighted by Gasteiger charge is 2.28. The number of nitrogens with zero attached hydrogens (tertiary/aromatic N) is 5. The van der Waals surface area contributed by atoms with Crippen LogP contribution in [0.1, 0.15) is 44.0 Å². The van der Waals surface area contributed by atoms with Crippen LogP contribution in [0, 0.1) is 5.92 Å². The summed E-state index contributed by atoms with van der Waals surface area (Å²) in [4.78, 5) is 39.5. The fraction of sp³-hybridized carbons (Fsp3) is 0.714. The molecule has 0 unspecified atom stereocenters. The van der Waals surface area contributed by atoms with Crippen LogP contribution in [0.3, 0.4) is 0 Å². The second kappa shape index (κ2) is 13.0. The molecule has 206 valence electrons. The van der Waals surface area contributed by atoms with Gasteiger partial charge in [0.05, 0.1) is 5.56 Å². The van der Waals surface area contributed by atoms with Gasteiger partial charge in [-0.1, -0.05) is 18.2 Å². The number of hydroxylamine groups is 2. The van der Waals surface area contributed by atoms with Crippen molar-refractivity contribution >= 4 is 12.1 Å². The molecule has 0 saturated carbocycles. The van der Waals surface area contributed by atoms with Crippen molar-refractivity contribution in [3.05, 3.63) is 35.9 Å². The predicted molar refractivity (Wildman–Crippen MR) is 143 cm³/mol. The molecule has 1 aromatic carbocycles. The zero-order valence-electron chi connectivity index (χ0n) is 22.9. The number of piperidine rings is 1. The lowest BCUT2D eigenvalue weighted by atomic mass is 9.96. The summed E-state index contributed by atoms with van der Waals surface area (Å²) in [6.07, 6.45) is 2.31. The van der Waals surface area contributed by atoms with Crippen molar-refractivity contribution in [3.8, 4) is 0 Å². The molecular weight excluding hydrogens is 470 g/mol. The van der Waals surface area contributed by atoms with Crippen LogP contribution in [0.25, 0.3) is 0 Å². The van der Waals surface area contributed by atoms with Gasteiger partial charge in [-0.05, 0) is 64.8 Å². The number of benzene rings is 1. The quantitative estimate of drug-likeness (QED) is 0.549. The zero-order chi connectivity index (χ0) is 26.3. The van der Waals surface area contributed by atoms with Crippen molar-refractivity contribution in [2.75, 3.05) is 85.1 Å². The van der Waals surface area contributed by atoms with E-state index in [1.54, 1.807) is 17.2 Å². The summed E-state index contributed by atoms with van der Waals surface area (Å²) in [6, 6.07) is 9.18. The van der Waals surface area contributed by atoms with E-state index in [4.69, 9.17) is 9.57 Å². The van der Waals surface area contributed by atoms with E-state index < -0.39 is 5.60 Å². The smallest absolute Gasteiger partial charge is 0.410 e. The molecule has 9 heteroatoms. The van der Waals surface area contributed by atoms with Gasteiger partial charge in [0.15, 0.2) is 0 Å². The lowest BCUT2D eigenvalue weighted by Crippen LogP contribution is -2.52. The molecule has 3 fully saturated rings. The molecule has 0 spiro atoms. The standard InChI is InChI=1S/C28H45N5O4/c1-28(2,3)36-27(35)32-19-15-31(16-20-32)23-24-9-11-29(12-10-24)13-14-30-17-21-33(22-18-30)37-26(34)25-7-5-4-6-8-25/h4-8,24H,9-23H2,1-3H3. The van der Waals surface area contributed by atoms with Crippen LogP contribution in [0.4, 0.5) is 4.79 Å². The molecule has 37 heavy (non-hydrogen) atoms. The number of likely N-dealkylation sites (tertiary alicyclic amines) is 1. The first-order chi connectivity index (χ1) is 17.7. The maximum Gasteiger partial charge on any atom is 0.410 e. The summed E-state index contributed by atoms with van der Waals surface area (Å²) in [5.41, 5.74) is 0.157. The molecule has 3 aliphatic heterocycles. The molecule has 0 bridgehead atoms. The Morgan fingerprint density at radius 1 is 0.784 bits per heavy atom. The van der Waals surface area contributed by atoms with Gasteiger partial charge in [0.2, 0.25) is 0 Å². The topological polar surface area (TPSA) is 68.8 Å². The first-order valence-electron chi connectivity index (χ1n) is 13.9. The Morgan fingerprint density at radius 2 is 1.35 bits per heavy atom. The van der Waals surface area contributed by atoms with E-state index in [0.717, 1.165) is 91.0 Å². The van der Waals surface area contributed by atoms with Crippen LogP contribution in [0.2, 0.25) is 0 Å². The Morgan fingerprint density at radius 3 is 1.95 bits per heavy atom. The Bertz CT molecular complexity index is 853. The van der Waals surface area contributed by atoms with E-state index in [1.165, 1.54) is 12.8 Å². The molecule has 1 amide bonds.